The molecule has 0 aromatic heterocycles. The SMILES string of the molecule is O=C(Cc1cccc(Br)c1)Nc1ccc(C(=O)O)cc1Br. The predicted octanol–water partition coefficient (Wildman–Crippen LogP) is 4.09. The number of carbonyl (C=O) groups excluding carboxylic acids is 1. The van der Waals surface area contributed by atoms with Gasteiger partial charge in [0.15, 0.2) is 0 Å². The van der Waals surface area contributed by atoms with Crippen molar-refractivity contribution in [2.24, 2.45) is 0 Å². The van der Waals surface area contributed by atoms with Crippen LogP contribution in [-0.4, -0.2) is 17.0 Å². The zero-order chi connectivity index (χ0) is 15.4. The molecule has 4 nitrogen and oxygen atoms in total. The topological polar surface area (TPSA) is 66.4 Å². The third-order valence-electron chi connectivity index (χ3n) is 2.74. The number of nitrogens with one attached hydrogen (secondary N) is 1. The lowest BCUT2D eigenvalue weighted by atomic mass is 10.1. The highest BCUT2D eigenvalue weighted by Crippen LogP contribution is 2.24. The van der Waals surface area contributed by atoms with Gasteiger partial charge in [-0.1, -0.05) is 28.1 Å². The summed E-state index contributed by atoms with van der Waals surface area (Å²) < 4.78 is 1.45. The lowest BCUT2D eigenvalue weighted by Gasteiger charge is -2.08. The molecular weight excluding hydrogens is 402 g/mol. The molecule has 0 unspecified atom stereocenters. The molecule has 0 aliphatic heterocycles. The van der Waals surface area contributed by atoms with Crippen LogP contribution < -0.4 is 5.32 Å². The van der Waals surface area contributed by atoms with Crippen LogP contribution in [0.25, 0.3) is 0 Å². The standard InChI is InChI=1S/C15H11Br2NO3/c16-11-3-1-2-9(6-11)7-14(19)18-13-5-4-10(15(20)21)8-12(13)17/h1-6,8H,7H2,(H,18,19)(H,20,21). The summed E-state index contributed by atoms with van der Waals surface area (Å²) in [6, 6.07) is 12.0. The highest BCUT2D eigenvalue weighted by Gasteiger charge is 2.10. The second kappa shape index (κ2) is 6.87. The lowest BCUT2D eigenvalue weighted by molar-refractivity contribution is -0.115. The van der Waals surface area contributed by atoms with E-state index in [0.29, 0.717) is 10.2 Å². The molecule has 108 valence electrons. The van der Waals surface area contributed by atoms with Crippen molar-refractivity contribution in [1.82, 2.24) is 0 Å². The molecule has 2 N–H and O–H groups in total. The molecule has 2 aromatic carbocycles. The van der Waals surface area contributed by atoms with Crippen molar-refractivity contribution < 1.29 is 14.7 Å². The van der Waals surface area contributed by atoms with Gasteiger partial charge in [-0.2, -0.15) is 0 Å². The largest absolute Gasteiger partial charge is 0.478 e. The minimum atomic E-state index is -1.01. The molecule has 0 radical (unpaired) electrons. The zero-order valence-corrected chi connectivity index (χ0v) is 13.9. The van der Waals surface area contributed by atoms with Gasteiger partial charge in [-0.3, -0.25) is 4.79 Å². The van der Waals surface area contributed by atoms with Crippen LogP contribution in [0.2, 0.25) is 0 Å². The van der Waals surface area contributed by atoms with E-state index in [2.05, 4.69) is 37.2 Å². The van der Waals surface area contributed by atoms with E-state index in [0.717, 1.165) is 10.0 Å². The van der Waals surface area contributed by atoms with Gasteiger partial charge in [-0.15, -0.1) is 0 Å². The van der Waals surface area contributed by atoms with Crippen LogP contribution in [0.3, 0.4) is 0 Å². The minimum Gasteiger partial charge on any atom is -0.478 e. The van der Waals surface area contributed by atoms with Gasteiger partial charge >= 0.3 is 5.97 Å². The molecule has 0 fully saturated rings. The minimum absolute atomic E-state index is 0.159. The van der Waals surface area contributed by atoms with Crippen LogP contribution in [0.15, 0.2) is 51.4 Å². The number of halogens is 2. The molecule has 0 heterocycles. The Hall–Kier alpha value is -1.66. The van der Waals surface area contributed by atoms with Crippen molar-refractivity contribution in [3.05, 3.63) is 62.5 Å². The van der Waals surface area contributed by atoms with E-state index in [9.17, 15) is 9.59 Å². The van der Waals surface area contributed by atoms with Crippen LogP contribution in [0.1, 0.15) is 15.9 Å². The molecule has 0 bridgehead atoms. The monoisotopic (exact) mass is 411 g/mol. The van der Waals surface area contributed by atoms with E-state index in [1.807, 2.05) is 24.3 Å². The highest BCUT2D eigenvalue weighted by atomic mass is 79.9. The summed E-state index contributed by atoms with van der Waals surface area (Å²) in [6.45, 7) is 0. The van der Waals surface area contributed by atoms with Gasteiger partial charge in [-0.25, -0.2) is 4.79 Å². The Morgan fingerprint density at radius 1 is 1.10 bits per heavy atom. The van der Waals surface area contributed by atoms with Gasteiger partial charge in [0.05, 0.1) is 17.7 Å². The molecule has 0 spiro atoms. The van der Waals surface area contributed by atoms with Gasteiger partial charge in [0.1, 0.15) is 0 Å². The number of hydrogen-bond donors (Lipinski definition) is 2. The van der Waals surface area contributed by atoms with Gasteiger partial charge in [-0.05, 0) is 51.8 Å². The Kier molecular flexibility index (Phi) is 5.14. The Balaban J connectivity index is 2.08. The van der Waals surface area contributed by atoms with Gasteiger partial charge in [0.25, 0.3) is 0 Å². The summed E-state index contributed by atoms with van der Waals surface area (Å²) in [6.07, 6.45) is 0.243. The first-order valence-electron chi connectivity index (χ1n) is 6.03. The first-order chi connectivity index (χ1) is 9.95. The lowest BCUT2D eigenvalue weighted by Crippen LogP contribution is -2.15. The van der Waals surface area contributed by atoms with Crippen molar-refractivity contribution in [2.45, 2.75) is 6.42 Å². The Morgan fingerprint density at radius 2 is 1.86 bits per heavy atom. The summed E-state index contributed by atoms with van der Waals surface area (Å²) in [7, 11) is 0. The molecule has 2 rings (SSSR count). The third-order valence-corrected chi connectivity index (χ3v) is 3.89. The van der Waals surface area contributed by atoms with Gasteiger partial charge < -0.3 is 10.4 Å². The fraction of sp³-hybridized carbons (Fsp3) is 0.0667. The van der Waals surface area contributed by atoms with Crippen LogP contribution in [-0.2, 0) is 11.2 Å². The first kappa shape index (κ1) is 15.7. The fourth-order valence-electron chi connectivity index (χ4n) is 1.78. The zero-order valence-electron chi connectivity index (χ0n) is 10.8. The number of carboxylic acid groups (broad SMARTS) is 1. The summed E-state index contributed by atoms with van der Waals surface area (Å²) in [5.41, 5.74) is 1.59. The normalized spacial score (nSPS) is 10.2. The summed E-state index contributed by atoms with van der Waals surface area (Å²) in [5.74, 6) is -1.18. The van der Waals surface area contributed by atoms with Crippen molar-refractivity contribution in [2.75, 3.05) is 5.32 Å². The smallest absolute Gasteiger partial charge is 0.335 e. The fourth-order valence-corrected chi connectivity index (χ4v) is 2.70. The number of rotatable bonds is 4. The molecular formula is C15H11Br2NO3. The maximum Gasteiger partial charge on any atom is 0.335 e. The maximum absolute atomic E-state index is 12.0. The van der Waals surface area contributed by atoms with Crippen molar-refractivity contribution >= 4 is 49.4 Å². The number of amides is 1. The summed E-state index contributed by atoms with van der Waals surface area (Å²) in [5, 5.41) is 11.6. The van der Waals surface area contributed by atoms with Crippen molar-refractivity contribution in [3.63, 3.8) is 0 Å². The van der Waals surface area contributed by atoms with Gasteiger partial charge in [0.2, 0.25) is 5.91 Å². The third kappa shape index (κ3) is 4.41. The van der Waals surface area contributed by atoms with Crippen LogP contribution in [0.5, 0.6) is 0 Å². The molecule has 1 amide bonds. The molecule has 0 saturated heterocycles. The number of carbonyl (C=O) groups is 2. The molecule has 0 aliphatic carbocycles. The summed E-state index contributed by atoms with van der Waals surface area (Å²) in [4.78, 5) is 22.8. The number of anilines is 1. The Labute approximate surface area is 138 Å². The van der Waals surface area contributed by atoms with Crippen molar-refractivity contribution in [3.8, 4) is 0 Å². The van der Waals surface area contributed by atoms with E-state index in [-0.39, 0.29) is 17.9 Å². The maximum atomic E-state index is 12.0. The number of carboxylic acids is 1. The first-order valence-corrected chi connectivity index (χ1v) is 7.61. The van der Waals surface area contributed by atoms with Crippen molar-refractivity contribution in [1.29, 1.82) is 0 Å². The Morgan fingerprint density at radius 3 is 2.48 bits per heavy atom. The quantitative estimate of drug-likeness (QED) is 0.794. The van der Waals surface area contributed by atoms with Gasteiger partial charge in [0, 0.05) is 8.95 Å². The number of benzene rings is 2. The number of aromatic carboxylic acids is 1. The average Bonchev–Trinajstić information content (AvgIpc) is 2.40. The Bertz CT molecular complexity index is 701. The summed E-state index contributed by atoms with van der Waals surface area (Å²) >= 11 is 6.61. The van der Waals surface area contributed by atoms with Crippen LogP contribution in [0.4, 0.5) is 5.69 Å². The van der Waals surface area contributed by atoms with Crippen LogP contribution >= 0.6 is 31.9 Å². The second-order valence-electron chi connectivity index (χ2n) is 4.35. The predicted molar refractivity (Wildman–Crippen MR) is 87.6 cm³/mol. The van der Waals surface area contributed by atoms with E-state index in [1.165, 1.54) is 12.1 Å². The van der Waals surface area contributed by atoms with E-state index in [1.54, 1.807) is 6.07 Å². The molecule has 0 atom stereocenters. The molecule has 21 heavy (non-hydrogen) atoms. The highest BCUT2D eigenvalue weighted by molar-refractivity contribution is 9.10. The molecule has 6 heteroatoms. The van der Waals surface area contributed by atoms with E-state index < -0.39 is 5.97 Å². The molecule has 0 aliphatic rings. The van der Waals surface area contributed by atoms with E-state index in [4.69, 9.17) is 5.11 Å². The number of hydrogen-bond acceptors (Lipinski definition) is 2. The average molecular weight is 413 g/mol. The van der Waals surface area contributed by atoms with Crippen LogP contribution in [0, 0.1) is 0 Å². The molecule has 0 saturated carbocycles. The van der Waals surface area contributed by atoms with E-state index >= 15 is 0 Å². The molecule has 2 aromatic rings. The second-order valence-corrected chi connectivity index (χ2v) is 6.12.